The molecular weight excluding hydrogens is 323 g/mol. The van der Waals surface area contributed by atoms with Crippen molar-refractivity contribution in [2.45, 2.75) is 6.10 Å². The van der Waals surface area contributed by atoms with Crippen molar-refractivity contribution in [3.63, 3.8) is 0 Å². The first-order valence-corrected chi connectivity index (χ1v) is 7.19. The van der Waals surface area contributed by atoms with E-state index in [2.05, 4.69) is 5.32 Å². The highest BCUT2D eigenvalue weighted by molar-refractivity contribution is 6.36. The standard InChI is InChI=1S/C16H12Cl2N2O2/c17-12-6-3-7-13(18)15(12)14(21)9-20-16(22)11-5-2-1-4-10(11)8-19/h1-7,14,21H,9H2,(H,20,22). The first-order chi connectivity index (χ1) is 10.5. The molecular formula is C16H12Cl2N2O2. The van der Waals surface area contributed by atoms with Gasteiger partial charge in [-0.15, -0.1) is 0 Å². The molecule has 22 heavy (non-hydrogen) atoms. The van der Waals surface area contributed by atoms with Gasteiger partial charge in [-0.05, 0) is 24.3 Å². The minimum atomic E-state index is -1.04. The smallest absolute Gasteiger partial charge is 0.252 e. The van der Waals surface area contributed by atoms with E-state index in [1.54, 1.807) is 42.5 Å². The molecule has 0 saturated heterocycles. The van der Waals surface area contributed by atoms with E-state index in [0.29, 0.717) is 15.6 Å². The highest BCUT2D eigenvalue weighted by Crippen LogP contribution is 2.29. The van der Waals surface area contributed by atoms with Gasteiger partial charge in [-0.25, -0.2) is 0 Å². The minimum absolute atomic E-state index is 0.0674. The monoisotopic (exact) mass is 334 g/mol. The van der Waals surface area contributed by atoms with E-state index < -0.39 is 12.0 Å². The molecule has 6 heteroatoms. The summed E-state index contributed by atoms with van der Waals surface area (Å²) in [6, 6.07) is 13.3. The van der Waals surface area contributed by atoms with Gasteiger partial charge in [0.15, 0.2) is 0 Å². The van der Waals surface area contributed by atoms with Gasteiger partial charge in [-0.3, -0.25) is 4.79 Å². The lowest BCUT2D eigenvalue weighted by Gasteiger charge is -2.15. The molecule has 112 valence electrons. The van der Waals surface area contributed by atoms with Gasteiger partial charge in [-0.2, -0.15) is 5.26 Å². The zero-order valence-corrected chi connectivity index (χ0v) is 12.9. The second kappa shape index (κ2) is 7.28. The molecule has 1 unspecified atom stereocenters. The molecule has 0 aromatic heterocycles. The molecule has 2 aromatic rings. The molecule has 0 saturated carbocycles. The zero-order chi connectivity index (χ0) is 16.1. The second-order valence-electron chi connectivity index (χ2n) is 4.52. The third-order valence-electron chi connectivity index (χ3n) is 3.08. The number of nitrogens with one attached hydrogen (secondary N) is 1. The molecule has 0 aliphatic rings. The lowest BCUT2D eigenvalue weighted by atomic mass is 10.1. The molecule has 0 aliphatic heterocycles. The second-order valence-corrected chi connectivity index (χ2v) is 5.33. The number of hydrogen-bond acceptors (Lipinski definition) is 3. The Bertz CT molecular complexity index is 721. The van der Waals surface area contributed by atoms with Gasteiger partial charge in [0, 0.05) is 22.2 Å². The topological polar surface area (TPSA) is 73.1 Å². The summed E-state index contributed by atoms with van der Waals surface area (Å²) in [7, 11) is 0. The van der Waals surface area contributed by atoms with Crippen LogP contribution in [-0.4, -0.2) is 17.6 Å². The van der Waals surface area contributed by atoms with Gasteiger partial charge in [0.1, 0.15) is 0 Å². The quantitative estimate of drug-likeness (QED) is 0.900. The predicted molar refractivity (Wildman–Crippen MR) is 84.9 cm³/mol. The van der Waals surface area contributed by atoms with Crippen molar-refractivity contribution in [1.29, 1.82) is 5.26 Å². The average Bonchev–Trinajstić information content (AvgIpc) is 2.52. The van der Waals surface area contributed by atoms with Crippen LogP contribution in [-0.2, 0) is 0 Å². The Morgan fingerprint density at radius 1 is 1.18 bits per heavy atom. The van der Waals surface area contributed by atoms with Crippen LogP contribution in [0.25, 0.3) is 0 Å². The number of halogens is 2. The fourth-order valence-corrected chi connectivity index (χ4v) is 2.64. The molecule has 2 rings (SSSR count). The van der Waals surface area contributed by atoms with Crippen molar-refractivity contribution in [2.24, 2.45) is 0 Å². The molecule has 1 atom stereocenters. The van der Waals surface area contributed by atoms with Crippen LogP contribution in [0.1, 0.15) is 27.6 Å². The van der Waals surface area contributed by atoms with Crippen LogP contribution in [0.3, 0.4) is 0 Å². The van der Waals surface area contributed by atoms with Crippen molar-refractivity contribution < 1.29 is 9.90 Å². The van der Waals surface area contributed by atoms with Gasteiger partial charge in [0.25, 0.3) is 5.91 Å². The van der Waals surface area contributed by atoms with E-state index in [9.17, 15) is 9.90 Å². The normalized spacial score (nSPS) is 11.5. The van der Waals surface area contributed by atoms with Gasteiger partial charge < -0.3 is 10.4 Å². The SMILES string of the molecule is N#Cc1ccccc1C(=O)NCC(O)c1c(Cl)cccc1Cl. The van der Waals surface area contributed by atoms with Crippen molar-refractivity contribution in [3.05, 3.63) is 69.2 Å². The maximum absolute atomic E-state index is 12.1. The van der Waals surface area contributed by atoms with E-state index in [1.807, 2.05) is 6.07 Å². The number of aliphatic hydroxyl groups is 1. The maximum atomic E-state index is 12.1. The Morgan fingerprint density at radius 3 is 2.45 bits per heavy atom. The van der Waals surface area contributed by atoms with Crippen LogP contribution in [0.2, 0.25) is 10.0 Å². The fraction of sp³-hybridized carbons (Fsp3) is 0.125. The Labute approximate surface area is 137 Å². The Morgan fingerprint density at radius 2 is 1.82 bits per heavy atom. The summed E-state index contributed by atoms with van der Waals surface area (Å²) in [4.78, 5) is 12.1. The van der Waals surface area contributed by atoms with Crippen LogP contribution >= 0.6 is 23.2 Å². The lowest BCUT2D eigenvalue weighted by Crippen LogP contribution is -2.29. The van der Waals surface area contributed by atoms with Gasteiger partial charge in [-0.1, -0.05) is 41.4 Å². The molecule has 0 aliphatic carbocycles. The number of nitrogens with zero attached hydrogens (tertiary/aromatic N) is 1. The van der Waals surface area contributed by atoms with Gasteiger partial charge >= 0.3 is 0 Å². The van der Waals surface area contributed by atoms with E-state index in [1.165, 1.54) is 0 Å². The third-order valence-corrected chi connectivity index (χ3v) is 3.74. The Hall–Kier alpha value is -2.06. The van der Waals surface area contributed by atoms with Crippen LogP contribution in [0, 0.1) is 11.3 Å². The number of amides is 1. The molecule has 0 heterocycles. The van der Waals surface area contributed by atoms with Gasteiger partial charge in [0.05, 0.1) is 23.3 Å². The van der Waals surface area contributed by atoms with Crippen LogP contribution in [0.5, 0.6) is 0 Å². The van der Waals surface area contributed by atoms with Crippen molar-refractivity contribution in [3.8, 4) is 6.07 Å². The molecule has 2 aromatic carbocycles. The van der Waals surface area contributed by atoms with Crippen molar-refractivity contribution in [1.82, 2.24) is 5.32 Å². The summed E-state index contributed by atoms with van der Waals surface area (Å²) in [5.74, 6) is -0.445. The number of carbonyl (C=O) groups excluding carboxylic acids is 1. The number of rotatable bonds is 4. The molecule has 2 N–H and O–H groups in total. The molecule has 0 spiro atoms. The number of aliphatic hydroxyl groups excluding tert-OH is 1. The zero-order valence-electron chi connectivity index (χ0n) is 11.4. The largest absolute Gasteiger partial charge is 0.386 e. The summed E-state index contributed by atoms with van der Waals surface area (Å²) in [5.41, 5.74) is 0.882. The highest BCUT2D eigenvalue weighted by atomic mass is 35.5. The number of nitriles is 1. The van der Waals surface area contributed by atoms with Crippen LogP contribution < -0.4 is 5.32 Å². The van der Waals surface area contributed by atoms with Crippen molar-refractivity contribution >= 4 is 29.1 Å². The van der Waals surface area contributed by atoms with Crippen LogP contribution in [0.15, 0.2) is 42.5 Å². The Balaban J connectivity index is 2.10. The number of benzene rings is 2. The van der Waals surface area contributed by atoms with E-state index in [0.717, 1.165) is 0 Å². The predicted octanol–water partition coefficient (Wildman–Crippen LogP) is 3.33. The molecule has 0 bridgehead atoms. The summed E-state index contributed by atoms with van der Waals surface area (Å²) in [5, 5.41) is 22.4. The molecule has 0 radical (unpaired) electrons. The van der Waals surface area contributed by atoms with Gasteiger partial charge in [0.2, 0.25) is 0 Å². The summed E-state index contributed by atoms with van der Waals surface area (Å²) in [6.45, 7) is -0.0674. The van der Waals surface area contributed by atoms with Crippen LogP contribution in [0.4, 0.5) is 0 Å². The number of carbonyl (C=O) groups is 1. The lowest BCUT2D eigenvalue weighted by molar-refractivity contribution is 0.0916. The van der Waals surface area contributed by atoms with E-state index in [-0.39, 0.29) is 17.7 Å². The third kappa shape index (κ3) is 3.58. The first-order valence-electron chi connectivity index (χ1n) is 6.44. The minimum Gasteiger partial charge on any atom is -0.386 e. The summed E-state index contributed by atoms with van der Waals surface area (Å²) in [6.07, 6.45) is -1.04. The Kier molecular flexibility index (Phi) is 5.40. The van der Waals surface area contributed by atoms with E-state index in [4.69, 9.17) is 28.5 Å². The highest BCUT2D eigenvalue weighted by Gasteiger charge is 2.17. The summed E-state index contributed by atoms with van der Waals surface area (Å²) >= 11 is 12.0. The first kappa shape index (κ1) is 16.3. The van der Waals surface area contributed by atoms with E-state index >= 15 is 0 Å². The number of hydrogen-bond donors (Lipinski definition) is 2. The fourth-order valence-electron chi connectivity index (χ4n) is 1.99. The van der Waals surface area contributed by atoms with Crippen molar-refractivity contribution in [2.75, 3.05) is 6.54 Å². The molecule has 0 fully saturated rings. The molecule has 4 nitrogen and oxygen atoms in total. The average molecular weight is 335 g/mol. The maximum Gasteiger partial charge on any atom is 0.252 e. The summed E-state index contributed by atoms with van der Waals surface area (Å²) < 4.78 is 0. The molecule has 1 amide bonds.